The third-order valence-corrected chi connectivity index (χ3v) is 3.66. The summed E-state index contributed by atoms with van der Waals surface area (Å²) in [4.78, 5) is 4.25. The summed E-state index contributed by atoms with van der Waals surface area (Å²) in [5.74, 6) is 1.09. The minimum Gasteiger partial charge on any atom is -0.330 e. The van der Waals surface area contributed by atoms with Crippen molar-refractivity contribution in [2.75, 3.05) is 0 Å². The van der Waals surface area contributed by atoms with Crippen LogP contribution < -0.4 is 5.73 Å². The standard InChI is InChI=1S/C13H25N3/c1-6-10(4)11(5)16-8-15-7-12(16)13(14)9(2)3/h7-11,13H,6,14H2,1-5H3. The van der Waals surface area contributed by atoms with Crippen molar-refractivity contribution in [3.05, 3.63) is 18.2 Å². The Bertz CT molecular complexity index is 317. The lowest BCUT2D eigenvalue weighted by molar-refractivity contribution is 0.348. The molecule has 1 rings (SSSR count). The molecule has 3 unspecified atom stereocenters. The molecule has 0 aliphatic carbocycles. The van der Waals surface area contributed by atoms with E-state index in [4.69, 9.17) is 5.73 Å². The first-order chi connectivity index (χ1) is 7.49. The summed E-state index contributed by atoms with van der Waals surface area (Å²) in [6.07, 6.45) is 4.99. The van der Waals surface area contributed by atoms with E-state index in [1.54, 1.807) is 0 Å². The van der Waals surface area contributed by atoms with Crippen LogP contribution in [0.4, 0.5) is 0 Å². The number of aromatic nitrogens is 2. The van der Waals surface area contributed by atoms with Crippen LogP contribution in [0.15, 0.2) is 12.5 Å². The zero-order valence-electron chi connectivity index (χ0n) is 11.1. The second kappa shape index (κ2) is 5.48. The van der Waals surface area contributed by atoms with Crippen molar-refractivity contribution in [3.63, 3.8) is 0 Å². The van der Waals surface area contributed by atoms with Gasteiger partial charge in [-0.05, 0) is 18.8 Å². The Kier molecular flexibility index (Phi) is 4.54. The summed E-state index contributed by atoms with van der Waals surface area (Å²) in [6, 6.07) is 0.543. The first kappa shape index (κ1) is 13.2. The van der Waals surface area contributed by atoms with E-state index in [9.17, 15) is 0 Å². The number of hydrogen-bond donors (Lipinski definition) is 1. The van der Waals surface area contributed by atoms with Crippen molar-refractivity contribution in [1.82, 2.24) is 9.55 Å². The first-order valence-corrected chi connectivity index (χ1v) is 6.26. The van der Waals surface area contributed by atoms with Crippen LogP contribution in [-0.2, 0) is 0 Å². The number of imidazole rings is 1. The average Bonchev–Trinajstić information content (AvgIpc) is 2.74. The molecule has 0 aliphatic rings. The van der Waals surface area contributed by atoms with Gasteiger partial charge in [-0.25, -0.2) is 4.98 Å². The molecular formula is C13H25N3. The van der Waals surface area contributed by atoms with Gasteiger partial charge in [0.1, 0.15) is 0 Å². The van der Waals surface area contributed by atoms with E-state index in [2.05, 4.69) is 44.2 Å². The van der Waals surface area contributed by atoms with Gasteiger partial charge in [-0.3, -0.25) is 0 Å². The van der Waals surface area contributed by atoms with Gasteiger partial charge in [-0.15, -0.1) is 0 Å². The topological polar surface area (TPSA) is 43.8 Å². The van der Waals surface area contributed by atoms with Gasteiger partial charge in [0.05, 0.1) is 12.0 Å². The van der Waals surface area contributed by atoms with E-state index in [0.29, 0.717) is 17.9 Å². The van der Waals surface area contributed by atoms with Crippen molar-refractivity contribution >= 4 is 0 Å². The van der Waals surface area contributed by atoms with Crippen LogP contribution in [0.2, 0.25) is 0 Å². The van der Waals surface area contributed by atoms with Gasteiger partial charge in [0, 0.05) is 18.3 Å². The van der Waals surface area contributed by atoms with Gasteiger partial charge in [0.2, 0.25) is 0 Å². The van der Waals surface area contributed by atoms with Crippen LogP contribution in [-0.4, -0.2) is 9.55 Å². The van der Waals surface area contributed by atoms with Crippen molar-refractivity contribution in [2.24, 2.45) is 17.6 Å². The summed E-state index contributed by atoms with van der Waals surface area (Å²) in [5.41, 5.74) is 7.36. The van der Waals surface area contributed by atoms with E-state index < -0.39 is 0 Å². The van der Waals surface area contributed by atoms with E-state index in [1.807, 2.05) is 12.5 Å². The van der Waals surface area contributed by atoms with Gasteiger partial charge < -0.3 is 10.3 Å². The Morgan fingerprint density at radius 2 is 1.94 bits per heavy atom. The molecule has 3 heteroatoms. The van der Waals surface area contributed by atoms with Crippen LogP contribution in [0.25, 0.3) is 0 Å². The quantitative estimate of drug-likeness (QED) is 0.833. The third-order valence-electron chi connectivity index (χ3n) is 3.66. The fraction of sp³-hybridized carbons (Fsp3) is 0.769. The van der Waals surface area contributed by atoms with Crippen molar-refractivity contribution in [3.8, 4) is 0 Å². The molecule has 16 heavy (non-hydrogen) atoms. The highest BCUT2D eigenvalue weighted by Crippen LogP contribution is 2.26. The Balaban J connectivity index is 2.93. The summed E-state index contributed by atoms with van der Waals surface area (Å²) < 4.78 is 2.23. The third kappa shape index (κ3) is 2.64. The highest BCUT2D eigenvalue weighted by Gasteiger charge is 2.20. The first-order valence-electron chi connectivity index (χ1n) is 6.26. The Labute approximate surface area is 99.1 Å². The predicted molar refractivity (Wildman–Crippen MR) is 68.2 cm³/mol. The van der Waals surface area contributed by atoms with Crippen LogP contribution >= 0.6 is 0 Å². The minimum atomic E-state index is 0.0778. The monoisotopic (exact) mass is 223 g/mol. The molecular weight excluding hydrogens is 198 g/mol. The molecule has 3 nitrogen and oxygen atoms in total. The highest BCUT2D eigenvalue weighted by molar-refractivity contribution is 5.07. The van der Waals surface area contributed by atoms with Crippen molar-refractivity contribution < 1.29 is 0 Å². The summed E-state index contributed by atoms with van der Waals surface area (Å²) in [5, 5.41) is 0. The maximum Gasteiger partial charge on any atom is 0.0951 e. The molecule has 1 heterocycles. The lowest BCUT2D eigenvalue weighted by Gasteiger charge is -2.25. The molecule has 0 aromatic carbocycles. The number of nitrogens with two attached hydrogens (primary N) is 1. The molecule has 0 radical (unpaired) electrons. The number of nitrogens with zero attached hydrogens (tertiary/aromatic N) is 2. The van der Waals surface area contributed by atoms with Gasteiger partial charge >= 0.3 is 0 Å². The zero-order chi connectivity index (χ0) is 12.3. The van der Waals surface area contributed by atoms with E-state index in [1.165, 1.54) is 6.42 Å². The molecule has 0 saturated carbocycles. The molecule has 0 bridgehead atoms. The van der Waals surface area contributed by atoms with Crippen molar-refractivity contribution in [1.29, 1.82) is 0 Å². The predicted octanol–water partition coefficient (Wildman–Crippen LogP) is 3.15. The van der Waals surface area contributed by atoms with E-state index in [-0.39, 0.29) is 6.04 Å². The molecule has 0 fully saturated rings. The van der Waals surface area contributed by atoms with E-state index >= 15 is 0 Å². The average molecular weight is 223 g/mol. The minimum absolute atomic E-state index is 0.0778. The fourth-order valence-electron chi connectivity index (χ4n) is 1.87. The molecule has 2 N–H and O–H groups in total. The Morgan fingerprint density at radius 3 is 2.44 bits per heavy atom. The molecule has 0 aliphatic heterocycles. The van der Waals surface area contributed by atoms with Crippen LogP contribution in [0.5, 0.6) is 0 Å². The Hall–Kier alpha value is -0.830. The highest BCUT2D eigenvalue weighted by atomic mass is 15.1. The fourth-order valence-corrected chi connectivity index (χ4v) is 1.87. The van der Waals surface area contributed by atoms with E-state index in [0.717, 1.165) is 5.69 Å². The van der Waals surface area contributed by atoms with Gasteiger partial charge in [0.15, 0.2) is 0 Å². The number of hydrogen-bond acceptors (Lipinski definition) is 2. The van der Waals surface area contributed by atoms with Gasteiger partial charge in [-0.2, -0.15) is 0 Å². The van der Waals surface area contributed by atoms with Crippen molar-refractivity contribution in [2.45, 2.75) is 53.1 Å². The van der Waals surface area contributed by atoms with Crippen LogP contribution in [0.1, 0.15) is 58.8 Å². The second-order valence-corrected chi connectivity index (χ2v) is 5.12. The summed E-state index contributed by atoms with van der Waals surface area (Å²) in [7, 11) is 0. The molecule has 3 atom stereocenters. The van der Waals surface area contributed by atoms with Crippen LogP contribution in [0, 0.1) is 11.8 Å². The SMILES string of the molecule is CCC(C)C(C)n1cncc1C(N)C(C)C. The zero-order valence-corrected chi connectivity index (χ0v) is 11.1. The lowest BCUT2D eigenvalue weighted by Crippen LogP contribution is -2.23. The van der Waals surface area contributed by atoms with Gasteiger partial charge in [-0.1, -0.05) is 34.1 Å². The van der Waals surface area contributed by atoms with Gasteiger partial charge in [0.25, 0.3) is 0 Å². The molecule has 0 amide bonds. The maximum absolute atomic E-state index is 6.20. The molecule has 0 spiro atoms. The lowest BCUT2D eigenvalue weighted by atomic mass is 9.98. The normalized spacial score (nSPS) is 17.4. The maximum atomic E-state index is 6.20. The molecule has 0 saturated heterocycles. The Morgan fingerprint density at radius 1 is 1.31 bits per heavy atom. The summed E-state index contributed by atoms with van der Waals surface area (Å²) in [6.45, 7) is 11.0. The smallest absolute Gasteiger partial charge is 0.0951 e. The van der Waals surface area contributed by atoms with Crippen LogP contribution in [0.3, 0.4) is 0 Å². The largest absolute Gasteiger partial charge is 0.330 e. The second-order valence-electron chi connectivity index (χ2n) is 5.12. The number of rotatable bonds is 5. The molecule has 92 valence electrons. The molecule has 1 aromatic heterocycles. The molecule has 1 aromatic rings. The summed E-state index contributed by atoms with van der Waals surface area (Å²) >= 11 is 0.